The summed E-state index contributed by atoms with van der Waals surface area (Å²) in [5.41, 5.74) is 10.4. The highest BCUT2D eigenvalue weighted by atomic mass is 16.5. The fraction of sp³-hybridized carbons (Fsp3) is 0.423. The number of carbonyl (C=O) groups excluding carboxylic acids is 1. The molecule has 7 heteroatoms. The smallest absolute Gasteiger partial charge is 0.421 e. The molecule has 0 spiro atoms. The maximum absolute atomic E-state index is 11.3. The average molecular weight is 450 g/mol. The molecule has 2 fully saturated rings. The summed E-state index contributed by atoms with van der Waals surface area (Å²) in [5, 5.41) is 11.7. The van der Waals surface area contributed by atoms with Crippen molar-refractivity contribution < 1.29 is 19.4 Å². The van der Waals surface area contributed by atoms with Crippen LogP contribution in [0.25, 0.3) is 10.9 Å². The minimum absolute atomic E-state index is 0.240. The second kappa shape index (κ2) is 9.55. The highest BCUT2D eigenvalue weighted by Gasteiger charge is 2.30. The highest BCUT2D eigenvalue weighted by Crippen LogP contribution is 2.40. The fourth-order valence-electron chi connectivity index (χ4n) is 4.77. The SMILES string of the molecule is COC(=O)NNC[C@@H]1C[C@H](O)C[C@H](n2cc(Cc3ccc(C4CC4)cc3)c3ccccc32)O1. The van der Waals surface area contributed by atoms with Crippen molar-refractivity contribution in [2.45, 2.75) is 56.5 Å². The molecule has 5 rings (SSSR count). The Labute approximate surface area is 193 Å². The summed E-state index contributed by atoms with van der Waals surface area (Å²) in [5.74, 6) is 0.765. The maximum atomic E-state index is 11.3. The summed E-state index contributed by atoms with van der Waals surface area (Å²) in [6, 6.07) is 17.4. The molecule has 3 aromatic rings. The summed E-state index contributed by atoms with van der Waals surface area (Å²) in [7, 11) is 1.31. The van der Waals surface area contributed by atoms with Gasteiger partial charge in [0.2, 0.25) is 0 Å². The fourth-order valence-corrected chi connectivity index (χ4v) is 4.77. The van der Waals surface area contributed by atoms with E-state index in [-0.39, 0.29) is 12.3 Å². The number of benzene rings is 2. The number of fused-ring (bicyclic) bond motifs is 1. The second-order valence-electron chi connectivity index (χ2n) is 9.11. The van der Waals surface area contributed by atoms with Crippen LogP contribution in [0.2, 0.25) is 0 Å². The summed E-state index contributed by atoms with van der Waals surface area (Å²) in [6.45, 7) is 0.377. The van der Waals surface area contributed by atoms with Gasteiger partial charge in [0.1, 0.15) is 6.23 Å². The van der Waals surface area contributed by atoms with E-state index >= 15 is 0 Å². The van der Waals surface area contributed by atoms with Gasteiger partial charge >= 0.3 is 6.09 Å². The molecular weight excluding hydrogens is 418 g/mol. The first-order chi connectivity index (χ1) is 16.1. The minimum atomic E-state index is -0.561. The Balaban J connectivity index is 1.34. The molecule has 1 aliphatic carbocycles. The number of amides is 1. The van der Waals surface area contributed by atoms with E-state index in [0.29, 0.717) is 19.4 Å². The molecule has 1 aliphatic heterocycles. The molecule has 33 heavy (non-hydrogen) atoms. The van der Waals surface area contributed by atoms with E-state index in [9.17, 15) is 9.90 Å². The Morgan fingerprint density at radius 2 is 1.94 bits per heavy atom. The van der Waals surface area contributed by atoms with Crippen molar-refractivity contribution >= 4 is 17.0 Å². The van der Waals surface area contributed by atoms with Crippen LogP contribution in [0.1, 0.15) is 54.5 Å². The molecule has 3 atom stereocenters. The van der Waals surface area contributed by atoms with E-state index in [0.717, 1.165) is 17.9 Å². The quantitative estimate of drug-likeness (QED) is 0.475. The maximum Gasteiger partial charge on any atom is 0.421 e. The van der Waals surface area contributed by atoms with Gasteiger partial charge in [-0.05, 0) is 47.9 Å². The summed E-state index contributed by atoms with van der Waals surface area (Å²) in [4.78, 5) is 11.3. The van der Waals surface area contributed by atoms with Gasteiger partial charge in [-0.2, -0.15) is 0 Å². The van der Waals surface area contributed by atoms with Crippen LogP contribution in [0.3, 0.4) is 0 Å². The van der Waals surface area contributed by atoms with E-state index in [1.807, 2.05) is 6.07 Å². The first-order valence-electron chi connectivity index (χ1n) is 11.7. The van der Waals surface area contributed by atoms with Gasteiger partial charge in [0.15, 0.2) is 0 Å². The number of nitrogens with zero attached hydrogens (tertiary/aromatic N) is 1. The van der Waals surface area contributed by atoms with Crippen molar-refractivity contribution in [1.29, 1.82) is 0 Å². The standard InChI is InChI=1S/C26H31N3O4/c1-32-26(31)28-27-15-22-13-21(30)14-25(33-22)29-16-20(23-4-2-3-5-24(23)29)12-17-6-8-18(9-7-17)19-10-11-19/h2-9,16,19,21-22,25,27,30H,10-15H2,1H3,(H,28,31)/t21-,22-,25+/m0/s1. The number of para-hydroxylation sites is 1. The van der Waals surface area contributed by atoms with Crippen LogP contribution in [0.5, 0.6) is 0 Å². The van der Waals surface area contributed by atoms with Gasteiger partial charge in [0.25, 0.3) is 0 Å². The van der Waals surface area contributed by atoms with Crippen LogP contribution in [-0.4, -0.2) is 41.6 Å². The Hall–Kier alpha value is -2.87. The van der Waals surface area contributed by atoms with Crippen LogP contribution < -0.4 is 10.9 Å². The topological polar surface area (TPSA) is 84.8 Å². The predicted octanol–water partition coefficient (Wildman–Crippen LogP) is 4.01. The molecule has 3 N–H and O–H groups in total. The van der Waals surface area contributed by atoms with Gasteiger partial charge in [0, 0.05) is 31.0 Å². The molecule has 1 saturated heterocycles. The molecule has 174 valence electrons. The second-order valence-corrected chi connectivity index (χ2v) is 9.11. The van der Waals surface area contributed by atoms with Crippen LogP contribution in [0, 0.1) is 0 Å². The molecular formula is C26H31N3O4. The number of nitrogens with one attached hydrogen (secondary N) is 2. The van der Waals surface area contributed by atoms with Gasteiger partial charge in [-0.15, -0.1) is 0 Å². The third kappa shape index (κ3) is 5.05. The number of aliphatic hydroxyl groups is 1. The number of rotatable bonds is 7. The van der Waals surface area contributed by atoms with Crippen molar-refractivity contribution in [2.75, 3.05) is 13.7 Å². The van der Waals surface area contributed by atoms with Crippen LogP contribution in [-0.2, 0) is 15.9 Å². The number of aromatic nitrogens is 1. The third-order valence-corrected chi connectivity index (χ3v) is 6.62. The van der Waals surface area contributed by atoms with Crippen molar-refractivity contribution in [1.82, 2.24) is 15.4 Å². The molecule has 2 heterocycles. The highest BCUT2D eigenvalue weighted by molar-refractivity contribution is 5.84. The Morgan fingerprint density at radius 3 is 2.70 bits per heavy atom. The lowest BCUT2D eigenvalue weighted by Gasteiger charge is -2.34. The monoisotopic (exact) mass is 449 g/mol. The summed E-state index contributed by atoms with van der Waals surface area (Å²) >= 11 is 0. The van der Waals surface area contributed by atoms with E-state index < -0.39 is 12.2 Å². The predicted molar refractivity (Wildman–Crippen MR) is 126 cm³/mol. The number of ether oxygens (including phenoxy) is 2. The number of carbonyl (C=O) groups is 1. The number of hydrazine groups is 1. The third-order valence-electron chi connectivity index (χ3n) is 6.62. The number of hydrogen-bond donors (Lipinski definition) is 3. The molecule has 1 saturated carbocycles. The van der Waals surface area contributed by atoms with Crippen molar-refractivity contribution in [2.24, 2.45) is 0 Å². The lowest BCUT2D eigenvalue weighted by molar-refractivity contribution is -0.126. The molecule has 2 aromatic carbocycles. The average Bonchev–Trinajstić information content (AvgIpc) is 3.61. The Morgan fingerprint density at radius 1 is 1.15 bits per heavy atom. The van der Waals surface area contributed by atoms with E-state index in [2.05, 4.69) is 68.8 Å². The lowest BCUT2D eigenvalue weighted by atomic mass is 10.0. The van der Waals surface area contributed by atoms with E-state index in [1.54, 1.807) is 0 Å². The first kappa shape index (κ1) is 21.9. The van der Waals surface area contributed by atoms with E-state index in [1.165, 1.54) is 42.0 Å². The van der Waals surface area contributed by atoms with Gasteiger partial charge in [-0.3, -0.25) is 5.43 Å². The lowest BCUT2D eigenvalue weighted by Crippen LogP contribution is -2.45. The molecule has 1 aromatic heterocycles. The van der Waals surface area contributed by atoms with E-state index in [4.69, 9.17) is 4.74 Å². The van der Waals surface area contributed by atoms with Gasteiger partial charge < -0.3 is 19.1 Å². The van der Waals surface area contributed by atoms with Crippen molar-refractivity contribution in [3.8, 4) is 0 Å². The number of aliphatic hydroxyl groups excluding tert-OH is 1. The number of hydrogen-bond acceptors (Lipinski definition) is 5. The molecule has 2 aliphatic rings. The van der Waals surface area contributed by atoms with Gasteiger partial charge in [-0.1, -0.05) is 42.5 Å². The largest absolute Gasteiger partial charge is 0.452 e. The zero-order valence-corrected chi connectivity index (χ0v) is 18.9. The normalized spacial score (nSPS) is 22.9. The van der Waals surface area contributed by atoms with Gasteiger partial charge in [-0.25, -0.2) is 10.2 Å². The summed E-state index contributed by atoms with van der Waals surface area (Å²) in [6.07, 6.45) is 5.11. The Kier molecular flexibility index (Phi) is 6.35. The van der Waals surface area contributed by atoms with Crippen LogP contribution in [0.15, 0.2) is 54.7 Å². The molecule has 0 radical (unpaired) electrons. The molecule has 1 amide bonds. The van der Waals surface area contributed by atoms with Crippen LogP contribution in [0.4, 0.5) is 4.79 Å². The first-order valence-corrected chi connectivity index (χ1v) is 11.7. The molecule has 7 nitrogen and oxygen atoms in total. The zero-order valence-electron chi connectivity index (χ0n) is 18.9. The Bertz CT molecular complexity index is 1110. The van der Waals surface area contributed by atoms with Crippen LogP contribution >= 0.6 is 0 Å². The van der Waals surface area contributed by atoms with Crippen molar-refractivity contribution in [3.63, 3.8) is 0 Å². The van der Waals surface area contributed by atoms with Gasteiger partial charge in [0.05, 0.1) is 24.8 Å². The number of methoxy groups -OCH3 is 1. The molecule has 0 bridgehead atoms. The summed E-state index contributed by atoms with van der Waals surface area (Å²) < 4.78 is 13.0. The van der Waals surface area contributed by atoms with Crippen molar-refractivity contribution in [3.05, 3.63) is 71.4 Å². The molecule has 0 unspecified atom stereocenters. The minimum Gasteiger partial charge on any atom is -0.452 e. The zero-order chi connectivity index (χ0) is 22.8.